The molecule has 0 spiro atoms. The van der Waals surface area contributed by atoms with Gasteiger partial charge in [-0.15, -0.1) is 24.8 Å². The molecule has 1 aromatic rings. The van der Waals surface area contributed by atoms with Crippen molar-refractivity contribution < 1.29 is 4.79 Å². The van der Waals surface area contributed by atoms with Gasteiger partial charge in [0.05, 0.1) is 6.54 Å². The molecule has 1 heterocycles. The van der Waals surface area contributed by atoms with E-state index in [1.807, 2.05) is 0 Å². The Morgan fingerprint density at radius 2 is 1.73 bits per heavy atom. The SMILES string of the molecule is CCCCC(CN)NC(=O)CN1CCN(Cc2ccccc2)CC1.Cl.Cl. The van der Waals surface area contributed by atoms with E-state index in [2.05, 4.69) is 52.4 Å². The van der Waals surface area contributed by atoms with E-state index in [1.165, 1.54) is 5.56 Å². The Labute approximate surface area is 170 Å². The quantitative estimate of drug-likeness (QED) is 0.662. The number of piperazine rings is 1. The molecule has 5 nitrogen and oxygen atoms in total. The highest BCUT2D eigenvalue weighted by atomic mass is 35.5. The summed E-state index contributed by atoms with van der Waals surface area (Å²) in [5.74, 6) is 0.109. The first-order chi connectivity index (χ1) is 11.7. The number of nitrogens with one attached hydrogen (secondary N) is 1. The first kappa shape index (κ1) is 25.1. The van der Waals surface area contributed by atoms with Crippen molar-refractivity contribution in [3.8, 4) is 0 Å². The van der Waals surface area contributed by atoms with Crippen LogP contribution in [-0.4, -0.2) is 61.0 Å². The fourth-order valence-electron chi connectivity index (χ4n) is 3.12. The molecule has 0 saturated carbocycles. The lowest BCUT2D eigenvalue weighted by Gasteiger charge is -2.34. The summed E-state index contributed by atoms with van der Waals surface area (Å²) in [7, 11) is 0. The third-order valence-electron chi connectivity index (χ3n) is 4.64. The third-order valence-corrected chi connectivity index (χ3v) is 4.64. The number of halogens is 2. The second-order valence-electron chi connectivity index (χ2n) is 6.68. The predicted molar refractivity (Wildman–Crippen MR) is 113 cm³/mol. The van der Waals surface area contributed by atoms with Gasteiger partial charge in [-0.2, -0.15) is 0 Å². The van der Waals surface area contributed by atoms with Crippen LogP contribution < -0.4 is 11.1 Å². The lowest BCUT2D eigenvalue weighted by Crippen LogP contribution is -2.51. The van der Waals surface area contributed by atoms with Gasteiger partial charge < -0.3 is 11.1 Å². The van der Waals surface area contributed by atoms with Crippen molar-refractivity contribution >= 4 is 30.7 Å². The van der Waals surface area contributed by atoms with Crippen molar-refractivity contribution in [1.29, 1.82) is 0 Å². The van der Waals surface area contributed by atoms with Crippen molar-refractivity contribution in [2.45, 2.75) is 38.8 Å². The fraction of sp³-hybridized carbons (Fsp3) is 0.632. The molecular formula is C19H34Cl2N4O. The van der Waals surface area contributed by atoms with E-state index in [9.17, 15) is 4.79 Å². The van der Waals surface area contributed by atoms with Gasteiger partial charge in [-0.1, -0.05) is 50.1 Å². The molecule has 26 heavy (non-hydrogen) atoms. The molecule has 7 heteroatoms. The number of carbonyl (C=O) groups is 1. The molecule has 1 saturated heterocycles. The van der Waals surface area contributed by atoms with Gasteiger partial charge in [-0.05, 0) is 12.0 Å². The maximum absolute atomic E-state index is 12.2. The van der Waals surface area contributed by atoms with Gasteiger partial charge in [0.2, 0.25) is 5.91 Å². The molecule has 1 atom stereocenters. The highest BCUT2D eigenvalue weighted by Crippen LogP contribution is 2.08. The molecule has 0 aliphatic carbocycles. The maximum Gasteiger partial charge on any atom is 0.234 e. The van der Waals surface area contributed by atoms with Crippen LogP contribution in [0.2, 0.25) is 0 Å². The number of hydrogen-bond acceptors (Lipinski definition) is 4. The molecule has 1 aliphatic rings. The van der Waals surface area contributed by atoms with Crippen LogP contribution in [0.4, 0.5) is 0 Å². The van der Waals surface area contributed by atoms with E-state index in [0.717, 1.165) is 52.0 Å². The lowest BCUT2D eigenvalue weighted by atomic mass is 10.1. The molecule has 1 unspecified atom stereocenters. The highest BCUT2D eigenvalue weighted by molar-refractivity contribution is 5.85. The van der Waals surface area contributed by atoms with E-state index in [4.69, 9.17) is 5.73 Å². The van der Waals surface area contributed by atoms with Crippen LogP contribution in [0.15, 0.2) is 30.3 Å². The largest absolute Gasteiger partial charge is 0.351 e. The minimum absolute atomic E-state index is 0. The number of hydrogen-bond donors (Lipinski definition) is 2. The fourth-order valence-corrected chi connectivity index (χ4v) is 3.12. The van der Waals surface area contributed by atoms with Gasteiger partial charge in [0.25, 0.3) is 0 Å². The van der Waals surface area contributed by atoms with Crippen molar-refractivity contribution in [3.63, 3.8) is 0 Å². The van der Waals surface area contributed by atoms with Crippen LogP contribution in [0.1, 0.15) is 31.7 Å². The number of amides is 1. The second-order valence-corrected chi connectivity index (χ2v) is 6.68. The van der Waals surface area contributed by atoms with Crippen LogP contribution >= 0.6 is 24.8 Å². The average Bonchev–Trinajstić information content (AvgIpc) is 2.61. The molecule has 0 aromatic heterocycles. The van der Waals surface area contributed by atoms with E-state index in [-0.39, 0.29) is 36.8 Å². The average molecular weight is 405 g/mol. The summed E-state index contributed by atoms with van der Waals surface area (Å²) in [6, 6.07) is 10.7. The molecule has 150 valence electrons. The van der Waals surface area contributed by atoms with Crippen molar-refractivity contribution in [2.75, 3.05) is 39.3 Å². The van der Waals surface area contributed by atoms with Gasteiger partial charge in [0, 0.05) is 45.3 Å². The Hall–Kier alpha value is -0.850. The summed E-state index contributed by atoms with van der Waals surface area (Å²) in [4.78, 5) is 16.9. The lowest BCUT2D eigenvalue weighted by molar-refractivity contribution is -0.123. The monoisotopic (exact) mass is 404 g/mol. The minimum atomic E-state index is 0. The van der Waals surface area contributed by atoms with Crippen LogP contribution in [-0.2, 0) is 11.3 Å². The number of rotatable bonds is 9. The highest BCUT2D eigenvalue weighted by Gasteiger charge is 2.20. The zero-order valence-electron chi connectivity index (χ0n) is 15.7. The number of benzene rings is 1. The summed E-state index contributed by atoms with van der Waals surface area (Å²) in [5, 5.41) is 3.08. The number of unbranched alkanes of at least 4 members (excludes halogenated alkanes) is 1. The van der Waals surface area contributed by atoms with Crippen LogP contribution in [0.3, 0.4) is 0 Å². The Kier molecular flexibility index (Phi) is 13.8. The number of nitrogens with two attached hydrogens (primary N) is 1. The van der Waals surface area contributed by atoms with E-state index in [1.54, 1.807) is 0 Å². The summed E-state index contributed by atoms with van der Waals surface area (Å²) < 4.78 is 0. The van der Waals surface area contributed by atoms with E-state index < -0.39 is 0 Å². The van der Waals surface area contributed by atoms with Crippen molar-refractivity contribution in [1.82, 2.24) is 15.1 Å². The van der Waals surface area contributed by atoms with Crippen LogP contribution in [0, 0.1) is 0 Å². The van der Waals surface area contributed by atoms with E-state index >= 15 is 0 Å². The Bertz CT molecular complexity index is 482. The summed E-state index contributed by atoms with van der Waals surface area (Å²) in [6.07, 6.45) is 3.22. The predicted octanol–water partition coefficient (Wildman–Crippen LogP) is 2.28. The molecule has 1 aromatic carbocycles. The molecule has 0 bridgehead atoms. The van der Waals surface area contributed by atoms with Crippen molar-refractivity contribution in [2.24, 2.45) is 5.73 Å². The van der Waals surface area contributed by atoms with Crippen molar-refractivity contribution in [3.05, 3.63) is 35.9 Å². The maximum atomic E-state index is 12.2. The molecular weight excluding hydrogens is 371 g/mol. The molecule has 1 fully saturated rings. The Balaban J connectivity index is 0.00000312. The summed E-state index contributed by atoms with van der Waals surface area (Å²) in [6.45, 7) is 8.08. The number of nitrogens with zero attached hydrogens (tertiary/aromatic N) is 2. The number of carbonyl (C=O) groups excluding carboxylic acids is 1. The first-order valence-corrected chi connectivity index (χ1v) is 9.19. The van der Waals surface area contributed by atoms with Gasteiger partial charge >= 0.3 is 0 Å². The molecule has 1 amide bonds. The second kappa shape index (κ2) is 14.2. The summed E-state index contributed by atoms with van der Waals surface area (Å²) in [5.41, 5.74) is 7.10. The van der Waals surface area contributed by atoms with Crippen LogP contribution in [0.25, 0.3) is 0 Å². The zero-order valence-corrected chi connectivity index (χ0v) is 17.4. The normalized spacial score (nSPS) is 16.2. The molecule has 3 N–H and O–H groups in total. The molecule has 0 radical (unpaired) electrons. The topological polar surface area (TPSA) is 61.6 Å². The smallest absolute Gasteiger partial charge is 0.234 e. The van der Waals surface area contributed by atoms with E-state index in [0.29, 0.717) is 13.1 Å². The molecule has 1 aliphatic heterocycles. The van der Waals surface area contributed by atoms with Crippen LogP contribution in [0.5, 0.6) is 0 Å². The van der Waals surface area contributed by atoms with Gasteiger partial charge in [-0.25, -0.2) is 0 Å². The molecule has 2 rings (SSSR count). The standard InChI is InChI=1S/C19H32N4O.2ClH/c1-2-3-9-18(14-20)21-19(24)16-23-12-10-22(11-13-23)15-17-7-5-4-6-8-17;;/h4-8,18H,2-3,9-16,20H2,1H3,(H,21,24);2*1H. The van der Waals surface area contributed by atoms with Gasteiger partial charge in [0.1, 0.15) is 0 Å². The van der Waals surface area contributed by atoms with Gasteiger partial charge in [-0.3, -0.25) is 14.6 Å². The third kappa shape index (κ3) is 9.19. The van der Waals surface area contributed by atoms with Gasteiger partial charge in [0.15, 0.2) is 0 Å². The summed E-state index contributed by atoms with van der Waals surface area (Å²) >= 11 is 0. The zero-order chi connectivity index (χ0) is 17.2. The Morgan fingerprint density at radius 3 is 2.31 bits per heavy atom. The Morgan fingerprint density at radius 1 is 1.12 bits per heavy atom. The first-order valence-electron chi connectivity index (χ1n) is 9.19. The minimum Gasteiger partial charge on any atom is -0.351 e.